The van der Waals surface area contributed by atoms with Crippen molar-refractivity contribution in [3.05, 3.63) is 12.0 Å². The third-order valence-electron chi connectivity index (χ3n) is 2.54. The van der Waals surface area contributed by atoms with Crippen molar-refractivity contribution >= 4 is 11.9 Å². The van der Waals surface area contributed by atoms with Crippen LogP contribution in [-0.4, -0.2) is 16.4 Å². The molecule has 1 aromatic heterocycles. The third kappa shape index (κ3) is 1.50. The first-order valence-electron chi connectivity index (χ1n) is 4.63. The van der Waals surface area contributed by atoms with Crippen LogP contribution in [0.3, 0.4) is 0 Å². The molecule has 0 unspecified atom stereocenters. The number of oxazole rings is 1. The van der Waals surface area contributed by atoms with Gasteiger partial charge in [0.2, 0.25) is 5.91 Å². The fourth-order valence-corrected chi connectivity index (χ4v) is 1.42. The van der Waals surface area contributed by atoms with Gasteiger partial charge in [0.05, 0.1) is 11.2 Å². The predicted octanol–water partition coefficient (Wildman–Crippen LogP) is 0.803. The Labute approximate surface area is 81.7 Å². The molecule has 1 aromatic rings. The summed E-state index contributed by atoms with van der Waals surface area (Å²) in [6.07, 6.45) is 3.96. The highest BCUT2D eigenvalue weighted by molar-refractivity contribution is 5.97. The summed E-state index contributed by atoms with van der Waals surface area (Å²) in [5.74, 6) is -0.203. The van der Waals surface area contributed by atoms with Crippen molar-refractivity contribution in [2.75, 3.05) is 5.32 Å². The normalized spacial score (nSPS) is 18.7. The first-order valence-corrected chi connectivity index (χ1v) is 4.63. The second kappa shape index (κ2) is 3.09. The lowest BCUT2D eigenvalue weighted by Gasteiger charge is -2.35. The van der Waals surface area contributed by atoms with Gasteiger partial charge in [-0.05, 0) is 26.2 Å². The van der Waals surface area contributed by atoms with Gasteiger partial charge in [-0.15, -0.1) is 0 Å². The minimum atomic E-state index is -0.706. The van der Waals surface area contributed by atoms with E-state index in [1.807, 2.05) is 0 Å². The van der Waals surface area contributed by atoms with Crippen molar-refractivity contribution in [2.45, 2.75) is 31.7 Å². The quantitative estimate of drug-likeness (QED) is 0.731. The van der Waals surface area contributed by atoms with Gasteiger partial charge in [0.25, 0.3) is 0 Å². The highest BCUT2D eigenvalue weighted by atomic mass is 16.4. The average molecular weight is 195 g/mol. The van der Waals surface area contributed by atoms with Crippen molar-refractivity contribution in [3.8, 4) is 0 Å². The molecule has 14 heavy (non-hydrogen) atoms. The van der Waals surface area contributed by atoms with E-state index in [1.54, 1.807) is 6.92 Å². The lowest BCUT2D eigenvalue weighted by molar-refractivity contribution is -0.124. The van der Waals surface area contributed by atoms with Gasteiger partial charge in [-0.3, -0.25) is 10.1 Å². The summed E-state index contributed by atoms with van der Waals surface area (Å²) >= 11 is 0. The van der Waals surface area contributed by atoms with Crippen LogP contribution < -0.4 is 11.1 Å². The fourth-order valence-electron chi connectivity index (χ4n) is 1.42. The Bertz CT molecular complexity index is 355. The molecule has 0 aliphatic heterocycles. The van der Waals surface area contributed by atoms with E-state index in [0.29, 0.717) is 0 Å². The average Bonchev–Trinajstić information content (AvgIpc) is 2.47. The molecule has 0 aromatic carbocycles. The van der Waals surface area contributed by atoms with Gasteiger partial charge in [-0.1, -0.05) is 0 Å². The van der Waals surface area contributed by atoms with Gasteiger partial charge in [0.1, 0.15) is 6.26 Å². The number of aryl methyl sites for hydroxylation is 1. The van der Waals surface area contributed by atoms with E-state index >= 15 is 0 Å². The van der Waals surface area contributed by atoms with Crippen LogP contribution in [0.25, 0.3) is 0 Å². The maximum Gasteiger partial charge on any atom is 0.301 e. The Kier molecular flexibility index (Phi) is 2.03. The third-order valence-corrected chi connectivity index (χ3v) is 2.54. The summed E-state index contributed by atoms with van der Waals surface area (Å²) < 4.78 is 5.00. The molecule has 0 bridgehead atoms. The maximum atomic E-state index is 11.6. The number of hydrogen-bond donors (Lipinski definition) is 2. The second-order valence-electron chi connectivity index (χ2n) is 3.76. The van der Waals surface area contributed by atoms with E-state index in [1.165, 1.54) is 6.26 Å². The van der Waals surface area contributed by atoms with E-state index in [0.717, 1.165) is 25.0 Å². The molecule has 1 heterocycles. The molecule has 1 amide bonds. The van der Waals surface area contributed by atoms with Crippen LogP contribution >= 0.6 is 0 Å². The molecule has 1 aliphatic carbocycles. The summed E-state index contributed by atoms with van der Waals surface area (Å²) in [7, 11) is 0. The van der Waals surface area contributed by atoms with E-state index in [-0.39, 0.29) is 11.9 Å². The largest absolute Gasteiger partial charge is 0.432 e. The van der Waals surface area contributed by atoms with Crippen LogP contribution in [0.15, 0.2) is 10.7 Å². The number of anilines is 1. The Balaban J connectivity index is 2.01. The van der Waals surface area contributed by atoms with Gasteiger partial charge >= 0.3 is 6.01 Å². The highest BCUT2D eigenvalue weighted by Crippen LogP contribution is 2.30. The first kappa shape index (κ1) is 9.21. The molecule has 1 saturated carbocycles. The van der Waals surface area contributed by atoms with E-state index in [4.69, 9.17) is 10.2 Å². The number of rotatable bonds is 2. The number of carbonyl (C=O) groups excluding carboxylic acids is 1. The van der Waals surface area contributed by atoms with Crippen LogP contribution in [0, 0.1) is 6.92 Å². The second-order valence-corrected chi connectivity index (χ2v) is 3.76. The Hall–Kier alpha value is -1.36. The summed E-state index contributed by atoms with van der Waals surface area (Å²) in [5.41, 5.74) is 5.85. The number of nitrogens with two attached hydrogens (primary N) is 1. The van der Waals surface area contributed by atoms with E-state index in [9.17, 15) is 4.79 Å². The van der Waals surface area contributed by atoms with Crippen molar-refractivity contribution in [3.63, 3.8) is 0 Å². The number of nitrogens with one attached hydrogen (secondary N) is 1. The molecule has 1 fully saturated rings. The molecule has 76 valence electrons. The molecule has 2 rings (SSSR count). The Morgan fingerprint density at radius 3 is 2.86 bits per heavy atom. The summed E-state index contributed by atoms with van der Waals surface area (Å²) in [4.78, 5) is 15.6. The van der Waals surface area contributed by atoms with Crippen LogP contribution in [0.2, 0.25) is 0 Å². The minimum absolute atomic E-state index is 0.203. The van der Waals surface area contributed by atoms with Crippen molar-refractivity contribution in [2.24, 2.45) is 5.73 Å². The molecule has 0 atom stereocenters. The van der Waals surface area contributed by atoms with Crippen molar-refractivity contribution in [1.82, 2.24) is 4.98 Å². The molecule has 0 spiro atoms. The molecule has 1 aliphatic rings. The van der Waals surface area contributed by atoms with E-state index in [2.05, 4.69) is 10.3 Å². The van der Waals surface area contributed by atoms with Crippen LogP contribution in [-0.2, 0) is 4.79 Å². The van der Waals surface area contributed by atoms with E-state index < -0.39 is 5.54 Å². The van der Waals surface area contributed by atoms with Gasteiger partial charge in [0, 0.05) is 0 Å². The van der Waals surface area contributed by atoms with Crippen LogP contribution in [0.5, 0.6) is 0 Å². The van der Waals surface area contributed by atoms with Crippen LogP contribution in [0.1, 0.15) is 25.0 Å². The molecular weight excluding hydrogens is 182 g/mol. The first-order chi connectivity index (χ1) is 6.60. The van der Waals surface area contributed by atoms with Crippen molar-refractivity contribution < 1.29 is 9.21 Å². The summed E-state index contributed by atoms with van der Waals surface area (Å²) in [6.45, 7) is 1.79. The summed E-state index contributed by atoms with van der Waals surface area (Å²) in [6, 6.07) is 0.226. The van der Waals surface area contributed by atoms with Crippen molar-refractivity contribution in [1.29, 1.82) is 0 Å². The zero-order chi connectivity index (χ0) is 10.2. The van der Waals surface area contributed by atoms with Gasteiger partial charge in [-0.2, -0.15) is 4.98 Å². The zero-order valence-corrected chi connectivity index (χ0v) is 8.04. The Morgan fingerprint density at radius 2 is 2.43 bits per heavy atom. The molecule has 5 nitrogen and oxygen atoms in total. The monoisotopic (exact) mass is 195 g/mol. The maximum absolute atomic E-state index is 11.6. The summed E-state index contributed by atoms with van der Waals surface area (Å²) in [5, 5.41) is 2.56. The van der Waals surface area contributed by atoms with Gasteiger partial charge < -0.3 is 10.2 Å². The van der Waals surface area contributed by atoms with Crippen LogP contribution in [0.4, 0.5) is 6.01 Å². The topological polar surface area (TPSA) is 81.2 Å². The number of nitrogens with zero attached hydrogens (tertiary/aromatic N) is 1. The predicted molar refractivity (Wildman–Crippen MR) is 50.6 cm³/mol. The lowest BCUT2D eigenvalue weighted by Crippen LogP contribution is -2.56. The fraction of sp³-hybridized carbons (Fsp3) is 0.556. The zero-order valence-electron chi connectivity index (χ0n) is 8.04. The minimum Gasteiger partial charge on any atom is -0.432 e. The number of amides is 1. The standard InChI is InChI=1S/C9H13N3O2/c1-6-5-14-8(11-6)12-7(13)9(10)3-2-4-9/h5H,2-4,10H2,1H3,(H,11,12,13). The highest BCUT2D eigenvalue weighted by Gasteiger charge is 2.40. The molecule has 5 heteroatoms. The smallest absolute Gasteiger partial charge is 0.301 e. The lowest BCUT2D eigenvalue weighted by atomic mass is 9.77. The molecule has 3 N–H and O–H groups in total. The number of aromatic nitrogens is 1. The molecule has 0 saturated heterocycles. The Morgan fingerprint density at radius 1 is 1.71 bits per heavy atom. The van der Waals surface area contributed by atoms with Gasteiger partial charge in [0.15, 0.2) is 0 Å². The van der Waals surface area contributed by atoms with Gasteiger partial charge in [-0.25, -0.2) is 0 Å². The SMILES string of the molecule is Cc1coc(NC(=O)C2(N)CCC2)n1. The molecular formula is C9H13N3O2. The number of hydrogen-bond acceptors (Lipinski definition) is 4. The molecule has 0 radical (unpaired) electrons. The number of carbonyl (C=O) groups is 1.